The Kier molecular flexibility index (Phi) is 4.22. The molecule has 1 atom stereocenters. The lowest BCUT2D eigenvalue weighted by Gasteiger charge is -2.11. The second-order valence-corrected chi connectivity index (χ2v) is 4.65. The van der Waals surface area contributed by atoms with Gasteiger partial charge in [-0.15, -0.1) is 0 Å². The van der Waals surface area contributed by atoms with Gasteiger partial charge in [-0.3, -0.25) is 0 Å². The molecule has 16 heavy (non-hydrogen) atoms. The van der Waals surface area contributed by atoms with Gasteiger partial charge in [-0.05, 0) is 36.5 Å². The van der Waals surface area contributed by atoms with Crippen LogP contribution in [0.25, 0.3) is 0 Å². The molecule has 1 aromatic carbocycles. The molecule has 0 amide bonds. The smallest absolute Gasteiger partial charge is 0.0536 e. The van der Waals surface area contributed by atoms with Gasteiger partial charge in [0.2, 0.25) is 0 Å². The van der Waals surface area contributed by atoms with Crippen LogP contribution in [0.15, 0.2) is 18.2 Å². The third kappa shape index (κ3) is 2.76. The molecule has 0 radical (unpaired) electrons. The summed E-state index contributed by atoms with van der Waals surface area (Å²) in [5, 5.41) is 9.61. The highest BCUT2D eigenvalue weighted by molar-refractivity contribution is 6.31. The summed E-state index contributed by atoms with van der Waals surface area (Å²) in [6.45, 7) is 1.86. The van der Waals surface area contributed by atoms with E-state index >= 15 is 0 Å². The van der Waals surface area contributed by atoms with Crippen LogP contribution < -0.4 is 0 Å². The molecule has 1 heterocycles. The van der Waals surface area contributed by atoms with Crippen LogP contribution in [-0.4, -0.2) is 24.9 Å². The second-order valence-electron chi connectivity index (χ2n) is 4.24. The maximum absolute atomic E-state index is 8.77. The van der Waals surface area contributed by atoms with E-state index in [0.29, 0.717) is 5.92 Å². The van der Waals surface area contributed by atoms with E-state index in [-0.39, 0.29) is 6.61 Å². The van der Waals surface area contributed by atoms with Crippen molar-refractivity contribution in [3.05, 3.63) is 34.3 Å². The summed E-state index contributed by atoms with van der Waals surface area (Å²) in [7, 11) is 0. The van der Waals surface area contributed by atoms with Crippen molar-refractivity contribution in [3.8, 4) is 0 Å². The predicted molar refractivity (Wildman–Crippen MR) is 65.0 cm³/mol. The normalized spacial score (nSPS) is 20.2. The standard InChI is InChI=1S/C13H17ClO2/c14-13-8-10(2-1-6-15)3-4-12(13)11-5-7-16-9-11/h3-4,8,11,15H,1-2,5-7,9H2. The van der Waals surface area contributed by atoms with Gasteiger partial charge in [0.05, 0.1) is 6.61 Å². The van der Waals surface area contributed by atoms with Crippen LogP contribution >= 0.6 is 11.6 Å². The van der Waals surface area contributed by atoms with Crippen molar-refractivity contribution >= 4 is 11.6 Å². The van der Waals surface area contributed by atoms with Gasteiger partial charge in [-0.25, -0.2) is 0 Å². The largest absolute Gasteiger partial charge is 0.396 e. The Morgan fingerprint density at radius 3 is 2.94 bits per heavy atom. The molecule has 0 bridgehead atoms. The van der Waals surface area contributed by atoms with Gasteiger partial charge >= 0.3 is 0 Å². The number of benzene rings is 1. The van der Waals surface area contributed by atoms with Crippen molar-refractivity contribution < 1.29 is 9.84 Å². The number of rotatable bonds is 4. The molecular weight excluding hydrogens is 224 g/mol. The molecule has 1 aliphatic heterocycles. The van der Waals surface area contributed by atoms with E-state index in [9.17, 15) is 0 Å². The molecule has 1 N–H and O–H groups in total. The predicted octanol–water partition coefficient (Wildman–Crippen LogP) is 2.77. The van der Waals surface area contributed by atoms with Gasteiger partial charge in [0.15, 0.2) is 0 Å². The highest BCUT2D eigenvalue weighted by atomic mass is 35.5. The van der Waals surface area contributed by atoms with Crippen molar-refractivity contribution in [2.75, 3.05) is 19.8 Å². The summed E-state index contributed by atoms with van der Waals surface area (Å²) < 4.78 is 5.37. The first-order valence-electron chi connectivity index (χ1n) is 5.78. The minimum absolute atomic E-state index is 0.232. The van der Waals surface area contributed by atoms with E-state index in [1.165, 1.54) is 11.1 Å². The molecule has 2 nitrogen and oxygen atoms in total. The molecule has 1 aromatic rings. The summed E-state index contributed by atoms with van der Waals surface area (Å²) in [5.41, 5.74) is 2.40. The average molecular weight is 241 g/mol. The molecule has 1 aliphatic rings. The van der Waals surface area contributed by atoms with Crippen LogP contribution in [-0.2, 0) is 11.2 Å². The van der Waals surface area contributed by atoms with Crippen LogP contribution in [0.4, 0.5) is 0 Å². The Hall–Kier alpha value is -0.570. The van der Waals surface area contributed by atoms with E-state index in [4.69, 9.17) is 21.4 Å². The van der Waals surface area contributed by atoms with Crippen molar-refractivity contribution in [3.63, 3.8) is 0 Å². The van der Waals surface area contributed by atoms with E-state index in [1.807, 2.05) is 6.07 Å². The fourth-order valence-electron chi connectivity index (χ4n) is 2.12. The summed E-state index contributed by atoms with van der Waals surface area (Å²) in [6, 6.07) is 6.23. The minimum Gasteiger partial charge on any atom is -0.396 e. The lowest BCUT2D eigenvalue weighted by atomic mass is 9.96. The lowest BCUT2D eigenvalue weighted by molar-refractivity contribution is 0.194. The van der Waals surface area contributed by atoms with Crippen LogP contribution in [0.3, 0.4) is 0 Å². The summed E-state index contributed by atoms with van der Waals surface area (Å²) in [5.74, 6) is 0.458. The van der Waals surface area contributed by atoms with Crippen LogP contribution in [0.2, 0.25) is 5.02 Å². The van der Waals surface area contributed by atoms with Crippen molar-refractivity contribution in [1.29, 1.82) is 0 Å². The molecule has 1 unspecified atom stereocenters. The molecule has 88 valence electrons. The molecule has 3 heteroatoms. The number of aliphatic hydroxyl groups excluding tert-OH is 1. The van der Waals surface area contributed by atoms with Gasteiger partial charge in [-0.2, -0.15) is 0 Å². The number of aliphatic hydroxyl groups is 1. The lowest BCUT2D eigenvalue weighted by Crippen LogP contribution is -1.99. The zero-order valence-corrected chi connectivity index (χ0v) is 10.0. The molecule has 1 saturated heterocycles. The quantitative estimate of drug-likeness (QED) is 0.877. The van der Waals surface area contributed by atoms with Crippen molar-refractivity contribution in [2.45, 2.75) is 25.2 Å². The van der Waals surface area contributed by atoms with Crippen LogP contribution in [0.1, 0.15) is 29.9 Å². The summed E-state index contributed by atoms with van der Waals surface area (Å²) in [4.78, 5) is 0. The highest BCUT2D eigenvalue weighted by Gasteiger charge is 2.19. The summed E-state index contributed by atoms with van der Waals surface area (Å²) >= 11 is 6.27. The van der Waals surface area contributed by atoms with Gasteiger partial charge < -0.3 is 9.84 Å². The molecule has 0 spiro atoms. The Balaban J connectivity index is 2.09. The van der Waals surface area contributed by atoms with Gasteiger partial charge in [0.1, 0.15) is 0 Å². The first-order chi connectivity index (χ1) is 7.81. The second kappa shape index (κ2) is 5.67. The van der Waals surface area contributed by atoms with Crippen molar-refractivity contribution in [2.24, 2.45) is 0 Å². The molecule has 0 aliphatic carbocycles. The molecular formula is C13H17ClO2. The van der Waals surface area contributed by atoms with Gasteiger partial charge in [0, 0.05) is 24.2 Å². The Labute approximate surface area is 101 Å². The van der Waals surface area contributed by atoms with E-state index < -0.39 is 0 Å². The fourth-order valence-corrected chi connectivity index (χ4v) is 2.48. The fraction of sp³-hybridized carbons (Fsp3) is 0.538. The maximum atomic E-state index is 8.77. The minimum atomic E-state index is 0.232. The third-order valence-electron chi connectivity index (χ3n) is 3.06. The highest BCUT2D eigenvalue weighted by Crippen LogP contribution is 2.31. The molecule has 1 fully saturated rings. The molecule has 0 aromatic heterocycles. The van der Waals surface area contributed by atoms with Crippen LogP contribution in [0, 0.1) is 0 Å². The maximum Gasteiger partial charge on any atom is 0.0536 e. The Morgan fingerprint density at radius 1 is 1.44 bits per heavy atom. The zero-order chi connectivity index (χ0) is 11.4. The Bertz CT molecular complexity index is 346. The monoisotopic (exact) mass is 240 g/mol. The number of ether oxygens (including phenoxy) is 1. The zero-order valence-electron chi connectivity index (χ0n) is 9.29. The number of hydrogen-bond acceptors (Lipinski definition) is 2. The SMILES string of the molecule is OCCCc1ccc(C2CCOC2)c(Cl)c1. The molecule has 0 saturated carbocycles. The van der Waals surface area contributed by atoms with E-state index in [1.54, 1.807) is 0 Å². The van der Waals surface area contributed by atoms with Gasteiger partial charge in [0.25, 0.3) is 0 Å². The van der Waals surface area contributed by atoms with E-state index in [0.717, 1.165) is 37.5 Å². The molecule has 2 rings (SSSR count). The first-order valence-corrected chi connectivity index (χ1v) is 6.16. The average Bonchev–Trinajstić information content (AvgIpc) is 2.80. The number of hydrogen-bond donors (Lipinski definition) is 1. The van der Waals surface area contributed by atoms with E-state index in [2.05, 4.69) is 12.1 Å². The third-order valence-corrected chi connectivity index (χ3v) is 3.39. The van der Waals surface area contributed by atoms with Gasteiger partial charge in [-0.1, -0.05) is 23.7 Å². The van der Waals surface area contributed by atoms with Crippen molar-refractivity contribution in [1.82, 2.24) is 0 Å². The first kappa shape index (κ1) is 11.9. The topological polar surface area (TPSA) is 29.5 Å². The summed E-state index contributed by atoms with van der Waals surface area (Å²) in [6.07, 6.45) is 2.75. The number of halogens is 1. The number of aryl methyl sites for hydroxylation is 1. The van der Waals surface area contributed by atoms with Crippen LogP contribution in [0.5, 0.6) is 0 Å². The Morgan fingerprint density at radius 2 is 2.31 bits per heavy atom.